The summed E-state index contributed by atoms with van der Waals surface area (Å²) >= 11 is 0. The van der Waals surface area contributed by atoms with Crippen LogP contribution in [-0.2, 0) is 25.5 Å². The molecule has 0 aliphatic carbocycles. The monoisotopic (exact) mass is 574 g/mol. The lowest BCUT2D eigenvalue weighted by Crippen LogP contribution is -2.38. The molecule has 0 saturated carbocycles. The van der Waals surface area contributed by atoms with Gasteiger partial charge >= 0.3 is 0 Å². The van der Waals surface area contributed by atoms with Crippen LogP contribution < -0.4 is 16.0 Å². The molecule has 1 unspecified atom stereocenters. The lowest BCUT2D eigenvalue weighted by atomic mass is 10.0. The van der Waals surface area contributed by atoms with E-state index in [2.05, 4.69) is 27.9 Å². The van der Waals surface area contributed by atoms with E-state index in [1.807, 2.05) is 24.3 Å². The van der Waals surface area contributed by atoms with E-state index in [9.17, 15) is 4.79 Å². The van der Waals surface area contributed by atoms with Crippen LogP contribution in [0.25, 0.3) is 0 Å². The Morgan fingerprint density at radius 1 is 1.18 bits per heavy atom. The first kappa shape index (κ1) is 27.8. The van der Waals surface area contributed by atoms with Gasteiger partial charge in [-0.2, -0.15) is 0 Å². The van der Waals surface area contributed by atoms with E-state index in [1.54, 1.807) is 0 Å². The highest BCUT2D eigenvalue weighted by molar-refractivity contribution is 14.0. The number of rotatable bonds is 11. The van der Waals surface area contributed by atoms with Gasteiger partial charge in [0, 0.05) is 51.8 Å². The predicted molar refractivity (Wildman–Crippen MR) is 141 cm³/mol. The van der Waals surface area contributed by atoms with Crippen molar-refractivity contribution in [2.45, 2.75) is 51.7 Å². The van der Waals surface area contributed by atoms with Crippen LogP contribution in [0.1, 0.15) is 44.6 Å². The summed E-state index contributed by atoms with van der Waals surface area (Å²) in [6.07, 6.45) is 4.53. The summed E-state index contributed by atoms with van der Waals surface area (Å²) in [7, 11) is 0. The van der Waals surface area contributed by atoms with Crippen molar-refractivity contribution in [1.29, 1.82) is 0 Å². The Bertz CT molecular complexity index is 722. The lowest BCUT2D eigenvalue weighted by molar-refractivity contribution is -0.124. The van der Waals surface area contributed by atoms with Gasteiger partial charge < -0.3 is 30.2 Å². The fraction of sp³-hybridized carbons (Fsp3) is 0.667. The largest absolute Gasteiger partial charge is 0.381 e. The first-order valence-electron chi connectivity index (χ1n) is 11.9. The SMILES string of the molecule is CCNC(=NCc1cccc(NC(=O)C2CCCO2)c1)NCCCOCC1CCOCC1.I. The molecule has 2 saturated heterocycles. The van der Waals surface area contributed by atoms with Gasteiger partial charge in [-0.05, 0) is 62.6 Å². The number of hydrogen-bond acceptors (Lipinski definition) is 5. The highest BCUT2D eigenvalue weighted by Gasteiger charge is 2.23. The number of carbonyl (C=O) groups is 1. The molecule has 8 nitrogen and oxygen atoms in total. The van der Waals surface area contributed by atoms with E-state index < -0.39 is 0 Å². The quantitative estimate of drug-likeness (QED) is 0.163. The highest BCUT2D eigenvalue weighted by Crippen LogP contribution is 2.17. The van der Waals surface area contributed by atoms with Crippen LogP contribution in [0.5, 0.6) is 0 Å². The van der Waals surface area contributed by atoms with E-state index in [4.69, 9.17) is 14.2 Å². The summed E-state index contributed by atoms with van der Waals surface area (Å²) in [5.41, 5.74) is 1.81. The van der Waals surface area contributed by atoms with Crippen molar-refractivity contribution in [1.82, 2.24) is 10.6 Å². The number of nitrogens with zero attached hydrogens (tertiary/aromatic N) is 1. The topological polar surface area (TPSA) is 93.2 Å². The van der Waals surface area contributed by atoms with Crippen LogP contribution in [0, 0.1) is 5.92 Å². The average Bonchev–Trinajstić information content (AvgIpc) is 3.36. The average molecular weight is 575 g/mol. The van der Waals surface area contributed by atoms with Crippen LogP contribution in [-0.4, -0.2) is 64.1 Å². The summed E-state index contributed by atoms with van der Waals surface area (Å²) < 4.78 is 16.7. The van der Waals surface area contributed by atoms with E-state index >= 15 is 0 Å². The Morgan fingerprint density at radius 2 is 2.03 bits per heavy atom. The summed E-state index contributed by atoms with van der Waals surface area (Å²) in [6.45, 7) is 8.14. The van der Waals surface area contributed by atoms with Crippen molar-refractivity contribution >= 4 is 41.5 Å². The van der Waals surface area contributed by atoms with E-state index in [-0.39, 0.29) is 36.0 Å². The zero-order chi connectivity index (χ0) is 22.4. The Hall–Kier alpha value is -1.43. The second kappa shape index (κ2) is 16.2. The smallest absolute Gasteiger partial charge is 0.253 e. The molecular weight excluding hydrogens is 535 g/mol. The summed E-state index contributed by atoms with van der Waals surface area (Å²) in [6, 6.07) is 7.80. The van der Waals surface area contributed by atoms with E-state index in [1.165, 1.54) is 0 Å². The standard InChI is InChI=1S/C24H38N4O4.HI/c1-2-25-24(26-11-5-12-31-18-19-9-14-30-15-10-19)27-17-20-6-3-7-21(16-20)28-23(29)22-8-4-13-32-22;/h3,6-7,16,19,22H,2,4-5,8-15,17-18H2,1H3,(H,28,29)(H2,25,26,27);1H. The third-order valence-corrected chi connectivity index (χ3v) is 5.63. The zero-order valence-corrected chi connectivity index (χ0v) is 22.0. The molecule has 2 aliphatic rings. The van der Waals surface area contributed by atoms with Crippen LogP contribution in [0.15, 0.2) is 29.3 Å². The maximum absolute atomic E-state index is 12.3. The van der Waals surface area contributed by atoms with E-state index in [0.717, 1.165) is 88.8 Å². The second-order valence-corrected chi connectivity index (χ2v) is 8.30. The number of amides is 1. The minimum Gasteiger partial charge on any atom is -0.381 e. The first-order chi connectivity index (χ1) is 15.7. The van der Waals surface area contributed by atoms with Gasteiger partial charge in [0.2, 0.25) is 0 Å². The van der Waals surface area contributed by atoms with Gasteiger partial charge in [0.25, 0.3) is 5.91 Å². The third kappa shape index (κ3) is 10.6. The van der Waals surface area contributed by atoms with E-state index in [0.29, 0.717) is 19.1 Å². The van der Waals surface area contributed by atoms with Crippen LogP contribution in [0.3, 0.4) is 0 Å². The van der Waals surface area contributed by atoms with Crippen LogP contribution in [0.2, 0.25) is 0 Å². The van der Waals surface area contributed by atoms with Crippen molar-refractivity contribution in [3.63, 3.8) is 0 Å². The van der Waals surface area contributed by atoms with Crippen molar-refractivity contribution < 1.29 is 19.0 Å². The fourth-order valence-electron chi connectivity index (χ4n) is 3.81. The molecule has 3 rings (SSSR count). The summed E-state index contributed by atoms with van der Waals surface area (Å²) in [5.74, 6) is 1.35. The van der Waals surface area contributed by atoms with Gasteiger partial charge in [-0.3, -0.25) is 4.79 Å². The molecule has 0 spiro atoms. The molecule has 2 heterocycles. The highest BCUT2D eigenvalue weighted by atomic mass is 127. The third-order valence-electron chi connectivity index (χ3n) is 5.63. The van der Waals surface area contributed by atoms with Gasteiger partial charge in [0.05, 0.1) is 6.54 Å². The van der Waals surface area contributed by atoms with Gasteiger partial charge in [-0.1, -0.05) is 12.1 Å². The molecule has 0 bridgehead atoms. The zero-order valence-electron chi connectivity index (χ0n) is 19.6. The fourth-order valence-corrected chi connectivity index (χ4v) is 3.81. The number of benzene rings is 1. The lowest BCUT2D eigenvalue weighted by Gasteiger charge is -2.21. The van der Waals surface area contributed by atoms with Crippen molar-refractivity contribution in [3.05, 3.63) is 29.8 Å². The van der Waals surface area contributed by atoms with Gasteiger partial charge in [0.1, 0.15) is 6.10 Å². The number of guanidine groups is 1. The van der Waals surface area contributed by atoms with Crippen molar-refractivity contribution in [2.75, 3.05) is 51.4 Å². The Balaban J connectivity index is 0.00000385. The second-order valence-electron chi connectivity index (χ2n) is 8.30. The number of hydrogen-bond donors (Lipinski definition) is 3. The molecule has 0 aromatic heterocycles. The predicted octanol–water partition coefficient (Wildman–Crippen LogP) is 3.31. The maximum atomic E-state index is 12.3. The Morgan fingerprint density at radius 3 is 2.79 bits per heavy atom. The summed E-state index contributed by atoms with van der Waals surface area (Å²) in [4.78, 5) is 16.9. The van der Waals surface area contributed by atoms with Crippen molar-refractivity contribution in [2.24, 2.45) is 10.9 Å². The Labute approximate surface area is 214 Å². The number of anilines is 1. The molecule has 3 N–H and O–H groups in total. The molecule has 2 aliphatic heterocycles. The number of aliphatic imine (C=N–C) groups is 1. The van der Waals surface area contributed by atoms with Gasteiger partial charge in [0.15, 0.2) is 5.96 Å². The molecular formula is C24H39IN4O4. The minimum absolute atomic E-state index is 0. The summed E-state index contributed by atoms with van der Waals surface area (Å²) in [5, 5.41) is 9.59. The number of ether oxygens (including phenoxy) is 3. The molecule has 1 atom stereocenters. The molecule has 9 heteroatoms. The maximum Gasteiger partial charge on any atom is 0.253 e. The molecule has 1 aromatic carbocycles. The van der Waals surface area contributed by atoms with Gasteiger partial charge in [-0.25, -0.2) is 4.99 Å². The van der Waals surface area contributed by atoms with Crippen LogP contribution in [0.4, 0.5) is 5.69 Å². The van der Waals surface area contributed by atoms with Crippen LogP contribution >= 0.6 is 24.0 Å². The minimum atomic E-state index is -0.332. The number of halogens is 1. The molecule has 33 heavy (non-hydrogen) atoms. The molecule has 1 amide bonds. The molecule has 186 valence electrons. The molecule has 1 aromatic rings. The first-order valence-corrected chi connectivity index (χ1v) is 11.9. The number of carbonyl (C=O) groups excluding carboxylic acids is 1. The normalized spacial score (nSPS) is 19.1. The Kier molecular flexibility index (Phi) is 13.7. The number of nitrogens with one attached hydrogen (secondary N) is 3. The van der Waals surface area contributed by atoms with Crippen molar-refractivity contribution in [3.8, 4) is 0 Å². The van der Waals surface area contributed by atoms with Gasteiger partial charge in [-0.15, -0.1) is 24.0 Å². The molecule has 0 radical (unpaired) electrons. The molecule has 2 fully saturated rings.